The quantitative estimate of drug-likeness (QED) is 0.802. The van der Waals surface area contributed by atoms with E-state index in [4.69, 9.17) is 11.0 Å². The van der Waals surface area contributed by atoms with Gasteiger partial charge in [0, 0.05) is 12.6 Å². The molecule has 1 atom stereocenters. The number of nitrogens with two attached hydrogens (primary N) is 1. The highest BCUT2D eigenvalue weighted by Gasteiger charge is 2.18. The molecule has 17 heavy (non-hydrogen) atoms. The Morgan fingerprint density at radius 3 is 2.76 bits per heavy atom. The van der Waals surface area contributed by atoms with Gasteiger partial charge in [-0.15, -0.1) is 0 Å². The minimum atomic E-state index is -3.60. The molecule has 1 rings (SSSR count). The molecule has 1 aromatic rings. The lowest BCUT2D eigenvalue weighted by Gasteiger charge is -2.14. The normalized spacial score (nSPS) is 13.0. The Morgan fingerprint density at radius 1 is 1.53 bits per heavy atom. The van der Waals surface area contributed by atoms with Crippen LogP contribution in [0.15, 0.2) is 29.2 Å². The van der Waals surface area contributed by atoms with Crippen LogP contribution in [0, 0.1) is 11.3 Å². The first-order chi connectivity index (χ1) is 8.03. The summed E-state index contributed by atoms with van der Waals surface area (Å²) in [4.78, 5) is 0.0865. The summed E-state index contributed by atoms with van der Waals surface area (Å²) < 4.78 is 26.4. The van der Waals surface area contributed by atoms with Crippen molar-refractivity contribution in [1.29, 1.82) is 5.26 Å². The Balaban J connectivity index is 3.01. The van der Waals surface area contributed by atoms with Gasteiger partial charge in [0.25, 0.3) is 0 Å². The second-order valence-electron chi connectivity index (χ2n) is 3.60. The van der Waals surface area contributed by atoms with E-state index in [1.54, 1.807) is 6.07 Å². The van der Waals surface area contributed by atoms with Crippen LogP contribution in [0.5, 0.6) is 0 Å². The second-order valence-corrected chi connectivity index (χ2v) is 5.32. The number of hydrogen-bond acceptors (Lipinski definition) is 4. The highest BCUT2D eigenvalue weighted by atomic mass is 32.2. The molecule has 1 unspecified atom stereocenters. The summed E-state index contributed by atoms with van der Waals surface area (Å²) in [6.07, 6.45) is 0.619. The number of nitrogens with zero attached hydrogens (tertiary/aromatic N) is 1. The van der Waals surface area contributed by atoms with Crippen LogP contribution in [0.2, 0.25) is 0 Å². The molecule has 0 saturated heterocycles. The van der Waals surface area contributed by atoms with Gasteiger partial charge < -0.3 is 5.73 Å². The number of hydrogen-bond donors (Lipinski definition) is 2. The SMILES string of the molecule is CCC(CN)NS(=O)(=O)c1cccc(C#N)c1. The molecule has 0 aliphatic carbocycles. The smallest absolute Gasteiger partial charge is 0.240 e. The summed E-state index contributed by atoms with van der Waals surface area (Å²) in [6.45, 7) is 2.10. The second kappa shape index (κ2) is 5.77. The molecular formula is C11H15N3O2S. The Labute approximate surface area is 101 Å². The lowest BCUT2D eigenvalue weighted by Crippen LogP contribution is -2.39. The maximum absolute atomic E-state index is 12.0. The van der Waals surface area contributed by atoms with Crippen LogP contribution in [0.1, 0.15) is 18.9 Å². The fourth-order valence-electron chi connectivity index (χ4n) is 1.32. The molecule has 0 bridgehead atoms. The van der Waals surface area contributed by atoms with Gasteiger partial charge >= 0.3 is 0 Å². The number of benzene rings is 1. The van der Waals surface area contributed by atoms with E-state index in [-0.39, 0.29) is 17.5 Å². The van der Waals surface area contributed by atoms with Crippen LogP contribution in [0.25, 0.3) is 0 Å². The summed E-state index contributed by atoms with van der Waals surface area (Å²) in [6, 6.07) is 7.50. The zero-order chi connectivity index (χ0) is 12.9. The molecule has 0 heterocycles. The van der Waals surface area contributed by atoms with Crippen LogP contribution in [-0.2, 0) is 10.0 Å². The number of sulfonamides is 1. The molecule has 0 spiro atoms. The predicted molar refractivity (Wildman–Crippen MR) is 64.6 cm³/mol. The first kappa shape index (κ1) is 13.6. The summed E-state index contributed by atoms with van der Waals surface area (Å²) in [7, 11) is -3.60. The largest absolute Gasteiger partial charge is 0.329 e. The van der Waals surface area contributed by atoms with Crippen LogP contribution >= 0.6 is 0 Å². The van der Waals surface area contributed by atoms with Crippen molar-refractivity contribution in [2.45, 2.75) is 24.3 Å². The van der Waals surface area contributed by atoms with Crippen molar-refractivity contribution in [1.82, 2.24) is 4.72 Å². The predicted octanol–water partition coefficient (Wildman–Crippen LogP) is 0.574. The summed E-state index contributed by atoms with van der Waals surface area (Å²) in [5.74, 6) is 0. The van der Waals surface area contributed by atoms with Crippen LogP contribution < -0.4 is 10.5 Å². The number of nitriles is 1. The van der Waals surface area contributed by atoms with Crippen molar-refractivity contribution in [3.63, 3.8) is 0 Å². The van der Waals surface area contributed by atoms with Crippen molar-refractivity contribution < 1.29 is 8.42 Å². The highest BCUT2D eigenvalue weighted by Crippen LogP contribution is 2.11. The zero-order valence-electron chi connectivity index (χ0n) is 9.55. The lowest BCUT2D eigenvalue weighted by molar-refractivity contribution is 0.542. The van der Waals surface area contributed by atoms with E-state index >= 15 is 0 Å². The molecule has 0 amide bonds. The zero-order valence-corrected chi connectivity index (χ0v) is 10.4. The van der Waals surface area contributed by atoms with Gasteiger partial charge in [-0.05, 0) is 24.6 Å². The van der Waals surface area contributed by atoms with Gasteiger partial charge in [0.15, 0.2) is 0 Å². The topological polar surface area (TPSA) is 96.0 Å². The van der Waals surface area contributed by atoms with E-state index in [2.05, 4.69) is 4.72 Å². The molecule has 0 aromatic heterocycles. The molecule has 0 radical (unpaired) electrons. The number of rotatable bonds is 5. The van der Waals surface area contributed by atoms with Gasteiger partial charge in [-0.2, -0.15) is 5.26 Å². The summed E-state index contributed by atoms with van der Waals surface area (Å²) >= 11 is 0. The van der Waals surface area contributed by atoms with Gasteiger partial charge in [-0.1, -0.05) is 13.0 Å². The molecule has 0 fully saturated rings. The third-order valence-corrected chi connectivity index (χ3v) is 3.89. The lowest BCUT2D eigenvalue weighted by atomic mass is 10.2. The monoisotopic (exact) mass is 253 g/mol. The van der Waals surface area contributed by atoms with Crippen LogP contribution in [-0.4, -0.2) is 21.0 Å². The van der Waals surface area contributed by atoms with Crippen molar-refractivity contribution >= 4 is 10.0 Å². The van der Waals surface area contributed by atoms with Gasteiger partial charge in [-0.3, -0.25) is 0 Å². The van der Waals surface area contributed by atoms with E-state index in [1.165, 1.54) is 18.2 Å². The molecule has 0 aliphatic rings. The van der Waals surface area contributed by atoms with Crippen LogP contribution in [0.4, 0.5) is 0 Å². The van der Waals surface area contributed by atoms with E-state index in [1.807, 2.05) is 13.0 Å². The van der Waals surface area contributed by atoms with Gasteiger partial charge in [0.1, 0.15) is 0 Å². The minimum Gasteiger partial charge on any atom is -0.329 e. The Morgan fingerprint density at radius 2 is 2.24 bits per heavy atom. The average Bonchev–Trinajstić information content (AvgIpc) is 2.36. The van der Waals surface area contributed by atoms with Crippen molar-refractivity contribution in [3.8, 4) is 6.07 Å². The van der Waals surface area contributed by atoms with Gasteiger partial charge in [0.05, 0.1) is 16.5 Å². The summed E-state index contributed by atoms with van der Waals surface area (Å²) in [5.41, 5.74) is 5.76. The minimum absolute atomic E-state index is 0.0865. The van der Waals surface area contributed by atoms with E-state index in [9.17, 15) is 8.42 Å². The van der Waals surface area contributed by atoms with E-state index in [0.717, 1.165) is 0 Å². The molecule has 1 aromatic carbocycles. The maximum Gasteiger partial charge on any atom is 0.240 e. The van der Waals surface area contributed by atoms with Crippen molar-refractivity contribution in [3.05, 3.63) is 29.8 Å². The van der Waals surface area contributed by atoms with E-state index in [0.29, 0.717) is 12.0 Å². The molecule has 0 aliphatic heterocycles. The van der Waals surface area contributed by atoms with E-state index < -0.39 is 10.0 Å². The summed E-state index contributed by atoms with van der Waals surface area (Å²) in [5, 5.41) is 8.72. The first-order valence-electron chi connectivity index (χ1n) is 5.26. The van der Waals surface area contributed by atoms with Crippen molar-refractivity contribution in [2.75, 3.05) is 6.54 Å². The fourth-order valence-corrected chi connectivity index (χ4v) is 2.70. The Kier molecular flexibility index (Phi) is 4.63. The third-order valence-electron chi connectivity index (χ3n) is 2.37. The molecule has 6 heteroatoms. The fraction of sp³-hybridized carbons (Fsp3) is 0.364. The van der Waals surface area contributed by atoms with Gasteiger partial charge in [-0.25, -0.2) is 13.1 Å². The van der Waals surface area contributed by atoms with Crippen LogP contribution in [0.3, 0.4) is 0 Å². The Bertz CT molecular complexity index is 516. The first-order valence-corrected chi connectivity index (χ1v) is 6.74. The third kappa shape index (κ3) is 3.53. The standard InChI is InChI=1S/C11H15N3O2S/c1-2-10(8-13)14-17(15,16)11-5-3-4-9(6-11)7-12/h3-6,10,14H,2,8,13H2,1H3. The molecule has 5 nitrogen and oxygen atoms in total. The molecule has 0 saturated carbocycles. The molecule has 92 valence electrons. The molecular weight excluding hydrogens is 238 g/mol. The number of nitrogens with one attached hydrogen (secondary N) is 1. The average molecular weight is 253 g/mol. The molecule has 3 N–H and O–H groups in total. The van der Waals surface area contributed by atoms with Crippen molar-refractivity contribution in [2.24, 2.45) is 5.73 Å². The van der Waals surface area contributed by atoms with Gasteiger partial charge in [0.2, 0.25) is 10.0 Å². The maximum atomic E-state index is 12.0. The Hall–Kier alpha value is -1.42. The highest BCUT2D eigenvalue weighted by molar-refractivity contribution is 7.89.